The maximum atomic E-state index is 13.8. The molecule has 1 aromatic heterocycles. The molecule has 2 aromatic rings. The number of aryl methyl sites for hydroxylation is 1. The summed E-state index contributed by atoms with van der Waals surface area (Å²) in [6, 6.07) is 6.33. The first-order chi connectivity index (χ1) is 11.0. The van der Waals surface area contributed by atoms with Gasteiger partial charge in [-0.25, -0.2) is 4.39 Å². The lowest BCUT2D eigenvalue weighted by atomic mass is 10.1. The van der Waals surface area contributed by atoms with E-state index in [4.69, 9.17) is 16.1 Å². The third-order valence-electron chi connectivity index (χ3n) is 3.95. The predicted molar refractivity (Wildman–Crippen MR) is 83.8 cm³/mol. The van der Waals surface area contributed by atoms with Crippen LogP contribution in [-0.2, 0) is 6.54 Å². The van der Waals surface area contributed by atoms with Gasteiger partial charge in [-0.15, -0.1) is 0 Å². The van der Waals surface area contributed by atoms with E-state index in [1.807, 2.05) is 0 Å². The van der Waals surface area contributed by atoms with Crippen LogP contribution < -0.4 is 0 Å². The molecular formula is C16H17ClFN3O2. The van der Waals surface area contributed by atoms with Crippen molar-refractivity contribution in [2.45, 2.75) is 13.5 Å². The van der Waals surface area contributed by atoms with Crippen LogP contribution in [0, 0.1) is 12.7 Å². The number of aromatic nitrogens is 1. The molecule has 0 spiro atoms. The monoisotopic (exact) mass is 337 g/mol. The van der Waals surface area contributed by atoms with E-state index in [1.54, 1.807) is 30.0 Å². The summed E-state index contributed by atoms with van der Waals surface area (Å²) in [6.07, 6.45) is 0. The molecule has 0 bridgehead atoms. The molecule has 1 aromatic carbocycles. The Morgan fingerprint density at radius 2 is 2.09 bits per heavy atom. The average Bonchev–Trinajstić information content (AvgIpc) is 2.97. The number of hydrogen-bond acceptors (Lipinski definition) is 4. The highest BCUT2D eigenvalue weighted by Crippen LogP contribution is 2.21. The number of benzene rings is 1. The minimum absolute atomic E-state index is 0.134. The number of rotatable bonds is 3. The van der Waals surface area contributed by atoms with E-state index in [0.29, 0.717) is 54.8 Å². The summed E-state index contributed by atoms with van der Waals surface area (Å²) in [6.45, 7) is 4.64. The number of nitrogens with zero attached hydrogens (tertiary/aromatic N) is 3. The largest absolute Gasteiger partial charge is 0.361 e. The second kappa shape index (κ2) is 6.68. The Hall–Kier alpha value is -1.92. The van der Waals surface area contributed by atoms with E-state index >= 15 is 0 Å². The highest BCUT2D eigenvalue weighted by Gasteiger charge is 2.25. The Balaban J connectivity index is 1.59. The van der Waals surface area contributed by atoms with E-state index in [0.717, 1.165) is 0 Å². The first kappa shape index (κ1) is 16.0. The molecule has 0 radical (unpaired) electrons. The molecule has 1 aliphatic rings. The quantitative estimate of drug-likeness (QED) is 0.864. The van der Waals surface area contributed by atoms with Crippen LogP contribution >= 0.6 is 11.6 Å². The Morgan fingerprint density at radius 1 is 1.35 bits per heavy atom. The number of hydrogen-bond donors (Lipinski definition) is 0. The fourth-order valence-corrected chi connectivity index (χ4v) is 2.87. The predicted octanol–water partition coefficient (Wildman–Crippen LogP) is 2.73. The molecule has 1 amide bonds. The smallest absolute Gasteiger partial charge is 0.276 e. The third-order valence-corrected chi connectivity index (χ3v) is 4.30. The van der Waals surface area contributed by atoms with E-state index in [1.165, 1.54) is 6.07 Å². The lowest BCUT2D eigenvalue weighted by Gasteiger charge is -2.34. The lowest BCUT2D eigenvalue weighted by Crippen LogP contribution is -2.48. The molecule has 2 heterocycles. The van der Waals surface area contributed by atoms with Crippen molar-refractivity contribution in [2.24, 2.45) is 0 Å². The van der Waals surface area contributed by atoms with Crippen molar-refractivity contribution in [3.05, 3.63) is 52.1 Å². The first-order valence-corrected chi connectivity index (χ1v) is 7.80. The highest BCUT2D eigenvalue weighted by molar-refractivity contribution is 6.31. The topological polar surface area (TPSA) is 49.6 Å². The zero-order valence-corrected chi connectivity index (χ0v) is 13.5. The summed E-state index contributed by atoms with van der Waals surface area (Å²) < 4.78 is 18.8. The Kier molecular flexibility index (Phi) is 4.63. The van der Waals surface area contributed by atoms with E-state index in [2.05, 4.69) is 10.1 Å². The summed E-state index contributed by atoms with van der Waals surface area (Å²) >= 11 is 6.06. The van der Waals surface area contributed by atoms with Crippen molar-refractivity contribution in [3.63, 3.8) is 0 Å². The number of amides is 1. The molecule has 0 unspecified atom stereocenters. The Bertz CT molecular complexity index is 691. The summed E-state index contributed by atoms with van der Waals surface area (Å²) in [5.74, 6) is 0.181. The molecule has 0 N–H and O–H groups in total. The van der Waals surface area contributed by atoms with Crippen LogP contribution in [0.5, 0.6) is 0 Å². The fraction of sp³-hybridized carbons (Fsp3) is 0.375. The van der Waals surface area contributed by atoms with Gasteiger partial charge in [0, 0.05) is 49.4 Å². The van der Waals surface area contributed by atoms with Crippen molar-refractivity contribution in [2.75, 3.05) is 26.2 Å². The van der Waals surface area contributed by atoms with E-state index < -0.39 is 0 Å². The van der Waals surface area contributed by atoms with Crippen LogP contribution in [0.4, 0.5) is 4.39 Å². The second-order valence-corrected chi connectivity index (χ2v) is 6.00. The first-order valence-electron chi connectivity index (χ1n) is 7.42. The normalized spacial score (nSPS) is 15.9. The maximum Gasteiger partial charge on any atom is 0.276 e. The highest BCUT2D eigenvalue weighted by atomic mass is 35.5. The van der Waals surface area contributed by atoms with Crippen molar-refractivity contribution >= 4 is 17.5 Å². The molecule has 23 heavy (non-hydrogen) atoms. The summed E-state index contributed by atoms with van der Waals surface area (Å²) in [5.41, 5.74) is 0.828. The van der Waals surface area contributed by atoms with Crippen LogP contribution in [0.2, 0.25) is 5.02 Å². The van der Waals surface area contributed by atoms with Crippen LogP contribution in [0.15, 0.2) is 28.8 Å². The number of piperazine rings is 1. The fourth-order valence-electron chi connectivity index (χ4n) is 2.65. The van der Waals surface area contributed by atoms with Gasteiger partial charge in [-0.2, -0.15) is 0 Å². The van der Waals surface area contributed by atoms with Crippen LogP contribution in [0.1, 0.15) is 21.8 Å². The third kappa shape index (κ3) is 3.54. The van der Waals surface area contributed by atoms with Gasteiger partial charge in [0.05, 0.1) is 0 Å². The van der Waals surface area contributed by atoms with E-state index in [-0.39, 0.29) is 11.7 Å². The van der Waals surface area contributed by atoms with Gasteiger partial charge < -0.3 is 9.42 Å². The van der Waals surface area contributed by atoms with Crippen molar-refractivity contribution in [1.82, 2.24) is 15.0 Å². The standard InChI is InChI=1S/C16H17ClFN3O2/c1-11-9-15(19-23-11)16(22)21-7-5-20(6-8-21)10-12-13(17)3-2-4-14(12)18/h2-4,9H,5-8,10H2,1H3. The molecule has 0 atom stereocenters. The SMILES string of the molecule is Cc1cc(C(=O)N2CCN(Cc3c(F)cccc3Cl)CC2)no1. The molecule has 0 aliphatic carbocycles. The average molecular weight is 338 g/mol. The van der Waals surface area contributed by atoms with Crippen molar-refractivity contribution < 1.29 is 13.7 Å². The molecule has 0 saturated carbocycles. The number of halogens is 2. The van der Waals surface area contributed by atoms with Gasteiger partial charge >= 0.3 is 0 Å². The van der Waals surface area contributed by atoms with Gasteiger partial charge in [-0.3, -0.25) is 9.69 Å². The van der Waals surface area contributed by atoms with Gasteiger partial charge in [-0.1, -0.05) is 22.8 Å². The summed E-state index contributed by atoms with van der Waals surface area (Å²) in [4.78, 5) is 16.1. The van der Waals surface area contributed by atoms with Gasteiger partial charge in [0.25, 0.3) is 5.91 Å². The van der Waals surface area contributed by atoms with Crippen LogP contribution in [-0.4, -0.2) is 47.0 Å². The minimum atomic E-state index is -0.297. The molecule has 5 nitrogen and oxygen atoms in total. The van der Waals surface area contributed by atoms with Crippen LogP contribution in [0.3, 0.4) is 0 Å². The van der Waals surface area contributed by atoms with Gasteiger partial charge in [0.2, 0.25) is 0 Å². The van der Waals surface area contributed by atoms with Crippen LogP contribution in [0.25, 0.3) is 0 Å². The maximum absolute atomic E-state index is 13.8. The number of carbonyl (C=O) groups is 1. The molecule has 122 valence electrons. The zero-order valence-electron chi connectivity index (χ0n) is 12.8. The minimum Gasteiger partial charge on any atom is -0.361 e. The van der Waals surface area contributed by atoms with Gasteiger partial charge in [-0.05, 0) is 19.1 Å². The lowest BCUT2D eigenvalue weighted by molar-refractivity contribution is 0.0617. The number of carbonyl (C=O) groups excluding carboxylic acids is 1. The second-order valence-electron chi connectivity index (χ2n) is 5.59. The molecule has 3 rings (SSSR count). The van der Waals surface area contributed by atoms with Gasteiger partial charge in [0.1, 0.15) is 11.6 Å². The molecule has 1 saturated heterocycles. The molecular weight excluding hydrogens is 321 g/mol. The summed E-state index contributed by atoms with van der Waals surface area (Å²) in [5, 5.41) is 4.19. The van der Waals surface area contributed by atoms with E-state index in [9.17, 15) is 9.18 Å². The molecule has 1 fully saturated rings. The van der Waals surface area contributed by atoms with Crippen molar-refractivity contribution in [3.8, 4) is 0 Å². The molecule has 7 heteroatoms. The van der Waals surface area contributed by atoms with Gasteiger partial charge in [0.15, 0.2) is 5.69 Å². The Morgan fingerprint density at radius 3 is 2.70 bits per heavy atom. The zero-order chi connectivity index (χ0) is 16.4. The molecule has 1 aliphatic heterocycles. The Labute approximate surface area is 138 Å². The van der Waals surface area contributed by atoms with Crippen molar-refractivity contribution in [1.29, 1.82) is 0 Å². The summed E-state index contributed by atoms with van der Waals surface area (Å²) in [7, 11) is 0.